The van der Waals surface area contributed by atoms with Crippen LogP contribution in [0, 0.1) is 5.92 Å². The number of anilines is 1. The molecule has 0 aliphatic carbocycles. The van der Waals surface area contributed by atoms with Crippen LogP contribution in [-0.2, 0) is 19.6 Å². The number of pyridine rings is 1. The fourth-order valence-electron chi connectivity index (χ4n) is 3.87. The van der Waals surface area contributed by atoms with Crippen molar-refractivity contribution in [3.63, 3.8) is 0 Å². The topological polar surface area (TPSA) is 138 Å². The zero-order valence-corrected chi connectivity index (χ0v) is 23.0. The van der Waals surface area contributed by atoms with Crippen LogP contribution in [0.5, 0.6) is 11.5 Å². The Morgan fingerprint density at radius 3 is 2.15 bits per heavy atom. The van der Waals surface area contributed by atoms with E-state index in [1.165, 1.54) is 48.5 Å². The normalized spacial score (nSPS) is 12.9. The molecule has 2 amide bonds. The standard InChI is InChI=1S/C28H34N4O6S/c1-20(2)17-27(32(21(3)33)22-13-15-29-16-14-22)28(35)30-18-23(34)19-31-39(36,37)26-11-9-25(10-12-26)38-24-7-5-4-6-8-24/h4-16,20,23,27,31,34H,17-19H2,1-3H3,(H,30,35)/t23?,27-/m0/s1. The molecule has 11 heteroatoms. The number of hydrogen-bond donors (Lipinski definition) is 3. The van der Waals surface area contributed by atoms with Crippen LogP contribution in [0.2, 0.25) is 0 Å². The van der Waals surface area contributed by atoms with Gasteiger partial charge < -0.3 is 20.1 Å². The van der Waals surface area contributed by atoms with Crippen molar-refractivity contribution in [2.45, 2.75) is 44.2 Å². The summed E-state index contributed by atoms with van der Waals surface area (Å²) in [5.41, 5.74) is 0.534. The number of amides is 2. The molecule has 39 heavy (non-hydrogen) atoms. The molecule has 3 N–H and O–H groups in total. The molecule has 0 aliphatic heterocycles. The van der Waals surface area contributed by atoms with E-state index in [-0.39, 0.29) is 29.8 Å². The minimum Gasteiger partial charge on any atom is -0.457 e. The maximum Gasteiger partial charge on any atom is 0.243 e. The van der Waals surface area contributed by atoms with Crippen molar-refractivity contribution in [2.24, 2.45) is 5.92 Å². The smallest absolute Gasteiger partial charge is 0.243 e. The molecule has 0 radical (unpaired) electrons. The van der Waals surface area contributed by atoms with Crippen molar-refractivity contribution in [2.75, 3.05) is 18.0 Å². The molecule has 0 fully saturated rings. The lowest BCUT2D eigenvalue weighted by atomic mass is 10.0. The summed E-state index contributed by atoms with van der Waals surface area (Å²) in [5, 5.41) is 13.0. The van der Waals surface area contributed by atoms with Gasteiger partial charge in [-0.05, 0) is 60.9 Å². The van der Waals surface area contributed by atoms with Crippen molar-refractivity contribution in [1.29, 1.82) is 0 Å². The maximum absolute atomic E-state index is 13.1. The molecule has 208 valence electrons. The predicted molar refractivity (Wildman–Crippen MR) is 148 cm³/mol. The molecule has 1 aromatic heterocycles. The lowest BCUT2D eigenvalue weighted by Gasteiger charge is -2.31. The quantitative estimate of drug-likeness (QED) is 0.295. The first kappa shape index (κ1) is 29.8. The van der Waals surface area contributed by atoms with E-state index in [2.05, 4.69) is 15.0 Å². The van der Waals surface area contributed by atoms with Gasteiger partial charge in [0.2, 0.25) is 21.8 Å². The summed E-state index contributed by atoms with van der Waals surface area (Å²) in [6, 6.07) is 17.5. The summed E-state index contributed by atoms with van der Waals surface area (Å²) in [6.45, 7) is 4.73. The third kappa shape index (κ3) is 8.88. The van der Waals surface area contributed by atoms with Gasteiger partial charge in [0.1, 0.15) is 17.5 Å². The zero-order valence-electron chi connectivity index (χ0n) is 22.2. The Kier molecular flexibility index (Phi) is 10.6. The molecule has 3 rings (SSSR count). The Balaban J connectivity index is 1.57. The molecule has 1 unspecified atom stereocenters. The number of para-hydroxylation sites is 1. The number of aliphatic hydroxyl groups is 1. The number of rotatable bonds is 13. The number of aromatic nitrogens is 1. The highest BCUT2D eigenvalue weighted by Crippen LogP contribution is 2.23. The van der Waals surface area contributed by atoms with Crippen LogP contribution in [0.1, 0.15) is 27.2 Å². The lowest BCUT2D eigenvalue weighted by Crippen LogP contribution is -2.51. The Morgan fingerprint density at radius 1 is 0.949 bits per heavy atom. The van der Waals surface area contributed by atoms with Crippen molar-refractivity contribution in [3.05, 3.63) is 79.1 Å². The molecular weight excluding hydrogens is 520 g/mol. The summed E-state index contributed by atoms with van der Waals surface area (Å²) >= 11 is 0. The molecule has 0 aliphatic rings. The van der Waals surface area contributed by atoms with Gasteiger partial charge in [0.05, 0.1) is 11.0 Å². The number of sulfonamides is 1. The van der Waals surface area contributed by atoms with E-state index >= 15 is 0 Å². The predicted octanol–water partition coefficient (Wildman–Crippen LogP) is 3.10. The van der Waals surface area contributed by atoms with E-state index < -0.39 is 28.1 Å². The highest BCUT2D eigenvalue weighted by atomic mass is 32.2. The first-order valence-electron chi connectivity index (χ1n) is 12.5. The summed E-state index contributed by atoms with van der Waals surface area (Å²) in [5.74, 6) is 0.442. The highest BCUT2D eigenvalue weighted by Gasteiger charge is 2.30. The van der Waals surface area contributed by atoms with Crippen LogP contribution in [0.4, 0.5) is 5.69 Å². The number of benzene rings is 2. The molecule has 2 aromatic carbocycles. The molecule has 2 atom stereocenters. The molecule has 10 nitrogen and oxygen atoms in total. The number of carbonyl (C=O) groups excluding carboxylic acids is 2. The van der Waals surface area contributed by atoms with Gasteiger partial charge in [-0.15, -0.1) is 0 Å². The van der Waals surface area contributed by atoms with E-state index in [0.717, 1.165) is 0 Å². The monoisotopic (exact) mass is 554 g/mol. The van der Waals surface area contributed by atoms with E-state index in [0.29, 0.717) is 23.6 Å². The van der Waals surface area contributed by atoms with E-state index in [9.17, 15) is 23.1 Å². The van der Waals surface area contributed by atoms with Crippen molar-refractivity contribution < 1.29 is 27.9 Å². The summed E-state index contributed by atoms with van der Waals surface area (Å²) in [6.07, 6.45) is 2.27. The Bertz CT molecular complexity index is 1320. The van der Waals surface area contributed by atoms with Crippen LogP contribution in [0.25, 0.3) is 0 Å². The third-order valence-electron chi connectivity index (χ3n) is 5.72. The second-order valence-electron chi connectivity index (χ2n) is 9.38. The first-order chi connectivity index (χ1) is 18.6. The van der Waals surface area contributed by atoms with Gasteiger partial charge in [0.25, 0.3) is 0 Å². The molecule has 0 saturated carbocycles. The molecule has 0 saturated heterocycles. The van der Waals surface area contributed by atoms with Crippen molar-refractivity contribution in [3.8, 4) is 11.5 Å². The summed E-state index contributed by atoms with van der Waals surface area (Å²) < 4.78 is 33.4. The molecule has 0 bridgehead atoms. The van der Waals surface area contributed by atoms with Crippen LogP contribution >= 0.6 is 0 Å². The second kappa shape index (κ2) is 13.8. The Labute approximate surface area is 229 Å². The average molecular weight is 555 g/mol. The number of nitrogens with one attached hydrogen (secondary N) is 2. The number of carbonyl (C=O) groups is 2. The summed E-state index contributed by atoms with van der Waals surface area (Å²) in [4.78, 5) is 30.9. The number of ether oxygens (including phenoxy) is 1. The Hall–Kier alpha value is -3.80. The fraction of sp³-hybridized carbons (Fsp3) is 0.321. The van der Waals surface area contributed by atoms with E-state index in [4.69, 9.17) is 4.74 Å². The molecule has 0 spiro atoms. The van der Waals surface area contributed by atoms with Crippen molar-refractivity contribution in [1.82, 2.24) is 15.0 Å². The van der Waals surface area contributed by atoms with E-state index in [1.54, 1.807) is 24.3 Å². The number of hydrogen-bond acceptors (Lipinski definition) is 7. The van der Waals surface area contributed by atoms with E-state index in [1.807, 2.05) is 32.0 Å². The van der Waals surface area contributed by atoms with Crippen LogP contribution in [0.3, 0.4) is 0 Å². The van der Waals surface area contributed by atoms with Gasteiger partial charge in [0, 0.05) is 38.1 Å². The lowest BCUT2D eigenvalue weighted by molar-refractivity contribution is -0.126. The van der Waals surface area contributed by atoms with Crippen LogP contribution < -0.4 is 19.7 Å². The minimum atomic E-state index is -3.91. The Morgan fingerprint density at radius 2 is 1.56 bits per heavy atom. The van der Waals surface area contributed by atoms with Gasteiger partial charge >= 0.3 is 0 Å². The molecular formula is C28H34N4O6S. The van der Waals surface area contributed by atoms with Gasteiger partial charge in [-0.25, -0.2) is 13.1 Å². The van der Waals surface area contributed by atoms with Gasteiger partial charge in [-0.2, -0.15) is 0 Å². The number of aliphatic hydroxyl groups excluding tert-OH is 1. The van der Waals surface area contributed by atoms with Crippen LogP contribution in [-0.4, -0.2) is 55.6 Å². The third-order valence-corrected chi connectivity index (χ3v) is 7.16. The van der Waals surface area contributed by atoms with Gasteiger partial charge in [-0.3, -0.25) is 14.6 Å². The fourth-order valence-corrected chi connectivity index (χ4v) is 4.94. The summed E-state index contributed by atoms with van der Waals surface area (Å²) in [7, 11) is -3.91. The first-order valence-corrected chi connectivity index (χ1v) is 14.0. The van der Waals surface area contributed by atoms with Gasteiger partial charge in [0.15, 0.2) is 0 Å². The molecule has 1 heterocycles. The average Bonchev–Trinajstić information content (AvgIpc) is 2.91. The number of nitrogens with zero attached hydrogens (tertiary/aromatic N) is 2. The van der Waals surface area contributed by atoms with Crippen molar-refractivity contribution >= 4 is 27.5 Å². The van der Waals surface area contributed by atoms with Gasteiger partial charge in [-0.1, -0.05) is 32.0 Å². The highest BCUT2D eigenvalue weighted by molar-refractivity contribution is 7.89. The molecule has 3 aromatic rings. The second-order valence-corrected chi connectivity index (χ2v) is 11.1. The largest absolute Gasteiger partial charge is 0.457 e. The SMILES string of the molecule is CC(=O)N(c1ccncc1)[C@@H](CC(C)C)C(=O)NCC(O)CNS(=O)(=O)c1ccc(Oc2ccccc2)cc1. The zero-order chi connectivity index (χ0) is 28.4. The maximum atomic E-state index is 13.1. The minimum absolute atomic E-state index is 0.00518. The van der Waals surface area contributed by atoms with Crippen LogP contribution in [0.15, 0.2) is 84.0 Å².